The maximum atomic E-state index is 9.37. The Labute approximate surface area is 70.5 Å². The first-order valence-electron chi connectivity index (χ1n) is 3.89. The summed E-state index contributed by atoms with van der Waals surface area (Å²) in [5.41, 5.74) is 0. The van der Waals surface area contributed by atoms with E-state index in [4.69, 9.17) is 5.11 Å². The molecule has 5 nitrogen and oxygen atoms in total. The van der Waals surface area contributed by atoms with Crippen molar-refractivity contribution in [2.45, 2.75) is 6.42 Å². The van der Waals surface area contributed by atoms with Gasteiger partial charge in [-0.25, -0.2) is 10.0 Å². The predicted molar refractivity (Wildman–Crippen MR) is 41.5 cm³/mol. The van der Waals surface area contributed by atoms with Crippen molar-refractivity contribution >= 4 is 12.3 Å². The lowest BCUT2D eigenvalue weighted by molar-refractivity contribution is -0.189. The summed E-state index contributed by atoms with van der Waals surface area (Å²) < 4.78 is 0. The van der Waals surface area contributed by atoms with Gasteiger partial charge in [0.05, 0.1) is 0 Å². The van der Waals surface area contributed by atoms with Crippen LogP contribution in [-0.4, -0.2) is 53.6 Å². The second-order valence-corrected chi connectivity index (χ2v) is 2.67. The fourth-order valence-electron chi connectivity index (χ4n) is 1.06. The molecular weight excluding hydrogens is 160 g/mol. The number of aliphatic carboxylic acids is 1. The van der Waals surface area contributed by atoms with Gasteiger partial charge in [-0.05, 0) is 0 Å². The highest BCUT2D eigenvalue weighted by Gasteiger charge is 2.32. The molecule has 2 rings (SSSR count). The number of hydrogen-bond acceptors (Lipinski definition) is 4. The molecule has 2 fully saturated rings. The summed E-state index contributed by atoms with van der Waals surface area (Å²) in [6, 6.07) is 0. The van der Waals surface area contributed by atoms with Crippen LogP contribution in [-0.2, 0) is 9.59 Å². The predicted octanol–water partition coefficient (Wildman–Crippen LogP) is -0.807. The van der Waals surface area contributed by atoms with E-state index in [0.717, 1.165) is 0 Å². The minimum Gasteiger partial charge on any atom is -0.481 e. The number of rotatable bonds is 2. The van der Waals surface area contributed by atoms with Crippen LogP contribution in [0.25, 0.3) is 0 Å². The van der Waals surface area contributed by atoms with Crippen LogP contribution in [0.3, 0.4) is 0 Å². The van der Waals surface area contributed by atoms with Gasteiger partial charge in [-0.3, -0.25) is 4.79 Å². The number of carbonyl (C=O) groups excluding carboxylic acids is 1. The average molecular weight is 172 g/mol. The van der Waals surface area contributed by atoms with Crippen molar-refractivity contribution in [1.82, 2.24) is 10.0 Å². The smallest absolute Gasteiger partial charge is 0.310 e. The molecule has 0 aromatic rings. The van der Waals surface area contributed by atoms with Crippen LogP contribution in [0.15, 0.2) is 0 Å². The highest BCUT2D eigenvalue weighted by molar-refractivity contribution is 5.81. The molecule has 0 aromatic carbocycles. The molecule has 2 aliphatic heterocycles. The topological polar surface area (TPSA) is 60.9 Å². The third kappa shape index (κ3) is 2.28. The zero-order valence-corrected chi connectivity index (χ0v) is 6.77. The number of hydrazine groups is 1. The summed E-state index contributed by atoms with van der Waals surface area (Å²) in [4.78, 5) is 18.6. The van der Waals surface area contributed by atoms with E-state index in [1.54, 1.807) is 0 Å². The highest BCUT2D eigenvalue weighted by atomic mass is 16.4. The summed E-state index contributed by atoms with van der Waals surface area (Å²) in [7, 11) is 0. The van der Waals surface area contributed by atoms with Crippen molar-refractivity contribution < 1.29 is 14.7 Å². The van der Waals surface area contributed by atoms with Crippen molar-refractivity contribution in [3.05, 3.63) is 0 Å². The Morgan fingerprint density at radius 1 is 1.25 bits per heavy atom. The minimum absolute atomic E-state index is 0.350. The normalized spacial score (nSPS) is 20.7. The molecule has 0 bridgehead atoms. The van der Waals surface area contributed by atoms with Crippen LogP contribution >= 0.6 is 0 Å². The lowest BCUT2D eigenvalue weighted by atomic mass is 10.3. The maximum absolute atomic E-state index is 9.37. The first-order chi connectivity index (χ1) is 5.74. The summed E-state index contributed by atoms with van der Waals surface area (Å²) in [5, 5.41) is 12.4. The van der Waals surface area contributed by atoms with Crippen LogP contribution in [0, 0.1) is 0 Å². The number of carboxylic acid groups (broad SMARTS) is 1. The summed E-state index contributed by atoms with van der Waals surface area (Å²) >= 11 is 0. The Bertz CT molecular complexity index is 165. The molecule has 0 unspecified atom stereocenters. The molecule has 68 valence electrons. The Kier molecular flexibility index (Phi) is 3.19. The van der Waals surface area contributed by atoms with Crippen molar-refractivity contribution in [2.24, 2.45) is 0 Å². The molecule has 12 heavy (non-hydrogen) atoms. The lowest BCUT2D eigenvalue weighted by Crippen LogP contribution is -2.68. The number of fused-ring (bicyclic) bond motifs is 1. The second kappa shape index (κ2) is 4.18. The molecule has 0 saturated carbocycles. The first-order valence-corrected chi connectivity index (χ1v) is 3.89. The van der Waals surface area contributed by atoms with Gasteiger partial charge in [-0.1, -0.05) is 0 Å². The van der Waals surface area contributed by atoms with Gasteiger partial charge in [-0.2, -0.15) is 0 Å². The van der Waals surface area contributed by atoms with E-state index in [0.29, 0.717) is 6.29 Å². The summed E-state index contributed by atoms with van der Waals surface area (Å²) in [5.74, 6) is -1.08. The van der Waals surface area contributed by atoms with Crippen LogP contribution in [0.1, 0.15) is 6.42 Å². The fourth-order valence-corrected chi connectivity index (χ4v) is 1.06. The molecule has 0 atom stereocenters. The molecule has 2 saturated heterocycles. The molecule has 0 aromatic heterocycles. The summed E-state index contributed by atoms with van der Waals surface area (Å²) in [6.07, 6.45) is -0.0394. The summed E-state index contributed by atoms with van der Waals surface area (Å²) in [6.45, 7) is 5.28. The van der Waals surface area contributed by atoms with Crippen molar-refractivity contribution in [3.8, 4) is 0 Å². The fraction of sp³-hybridized carbons (Fsp3) is 0.714. The van der Waals surface area contributed by atoms with Crippen LogP contribution < -0.4 is 0 Å². The number of piperazine rings is 1. The van der Waals surface area contributed by atoms with Crippen molar-refractivity contribution in [1.29, 1.82) is 0 Å². The van der Waals surface area contributed by atoms with Gasteiger partial charge in [0, 0.05) is 26.2 Å². The van der Waals surface area contributed by atoms with Gasteiger partial charge in [0.2, 0.25) is 0 Å². The Balaban J connectivity index is 0.000000120. The third-order valence-corrected chi connectivity index (χ3v) is 1.89. The first kappa shape index (κ1) is 9.15. The largest absolute Gasteiger partial charge is 0.481 e. The number of carboxylic acids is 1. The van der Waals surface area contributed by atoms with Crippen molar-refractivity contribution in [3.63, 3.8) is 0 Å². The van der Waals surface area contributed by atoms with Gasteiger partial charge in [0.1, 0.15) is 12.7 Å². The van der Waals surface area contributed by atoms with E-state index in [9.17, 15) is 9.59 Å². The number of nitrogens with zero attached hydrogens (tertiary/aromatic N) is 2. The maximum Gasteiger partial charge on any atom is 0.310 e. The van der Waals surface area contributed by atoms with Crippen LogP contribution in [0.5, 0.6) is 0 Å². The number of hydrogen-bond donors (Lipinski definition) is 1. The van der Waals surface area contributed by atoms with E-state index in [-0.39, 0.29) is 6.42 Å². The Morgan fingerprint density at radius 3 is 1.67 bits per heavy atom. The van der Waals surface area contributed by atoms with E-state index >= 15 is 0 Å². The molecule has 5 heteroatoms. The SMILES string of the molecule is C1CN2CCN12.O=CCC(=O)O. The zero-order valence-electron chi connectivity index (χ0n) is 6.77. The van der Waals surface area contributed by atoms with Gasteiger partial charge >= 0.3 is 5.97 Å². The quantitative estimate of drug-likeness (QED) is 0.436. The number of carbonyl (C=O) groups is 2. The molecule has 0 aliphatic carbocycles. The standard InChI is InChI=1S/C4H8N2.C3H4O3/c1-2-6-4-3-5(1)6;4-2-1-3(5)6/h1-4H2;2H,1H2,(H,5,6). The minimum atomic E-state index is -1.08. The number of aldehydes is 1. The van der Waals surface area contributed by atoms with E-state index in [1.807, 2.05) is 0 Å². The molecule has 1 N–H and O–H groups in total. The monoisotopic (exact) mass is 172 g/mol. The van der Waals surface area contributed by atoms with E-state index in [1.165, 1.54) is 26.2 Å². The van der Waals surface area contributed by atoms with Crippen molar-refractivity contribution in [2.75, 3.05) is 26.2 Å². The molecule has 0 radical (unpaired) electrons. The molecule has 2 heterocycles. The van der Waals surface area contributed by atoms with E-state index in [2.05, 4.69) is 10.0 Å². The molecule has 0 amide bonds. The molecular formula is C7H12N2O3. The molecule has 2 aliphatic rings. The Morgan fingerprint density at radius 2 is 1.67 bits per heavy atom. The van der Waals surface area contributed by atoms with Gasteiger partial charge in [0.15, 0.2) is 0 Å². The highest BCUT2D eigenvalue weighted by Crippen LogP contribution is 2.16. The van der Waals surface area contributed by atoms with Gasteiger partial charge < -0.3 is 9.90 Å². The average Bonchev–Trinajstić information content (AvgIpc) is 1.98. The van der Waals surface area contributed by atoms with Gasteiger partial charge in [0.25, 0.3) is 0 Å². The van der Waals surface area contributed by atoms with Crippen LogP contribution in [0.2, 0.25) is 0 Å². The van der Waals surface area contributed by atoms with E-state index < -0.39 is 5.97 Å². The van der Waals surface area contributed by atoms with Crippen LogP contribution in [0.4, 0.5) is 0 Å². The Hall–Kier alpha value is -0.940. The third-order valence-electron chi connectivity index (χ3n) is 1.89. The zero-order chi connectivity index (χ0) is 8.97. The lowest BCUT2D eigenvalue weighted by Gasteiger charge is -2.52. The molecule has 0 spiro atoms. The second-order valence-electron chi connectivity index (χ2n) is 2.67. The van der Waals surface area contributed by atoms with Gasteiger partial charge in [-0.15, -0.1) is 0 Å².